The molecule has 0 radical (unpaired) electrons. The first-order valence-electron chi connectivity index (χ1n) is 5.24. The van der Waals surface area contributed by atoms with E-state index in [1.54, 1.807) is 0 Å². The summed E-state index contributed by atoms with van der Waals surface area (Å²) in [6.07, 6.45) is 1.37. The second-order valence-electron chi connectivity index (χ2n) is 4.41. The lowest BCUT2D eigenvalue weighted by molar-refractivity contribution is 0.726. The molecular weight excluding hydrogens is 172 g/mol. The molecule has 0 spiro atoms. The molecule has 2 rings (SSSR count). The first kappa shape index (κ1) is 9.38. The highest BCUT2D eigenvalue weighted by Crippen LogP contribution is 2.39. The van der Waals surface area contributed by atoms with E-state index in [4.69, 9.17) is 5.73 Å². The third-order valence-electron chi connectivity index (χ3n) is 3.13. The smallest absolute Gasteiger partial charge is 0.0597 e. The van der Waals surface area contributed by atoms with Crippen LogP contribution in [0.2, 0.25) is 0 Å². The highest BCUT2D eigenvalue weighted by atomic mass is 15.1. The van der Waals surface area contributed by atoms with Gasteiger partial charge in [0.25, 0.3) is 0 Å². The molecule has 2 nitrogen and oxygen atoms in total. The fourth-order valence-corrected chi connectivity index (χ4v) is 1.94. The van der Waals surface area contributed by atoms with Crippen molar-refractivity contribution in [3.63, 3.8) is 0 Å². The molecule has 1 aliphatic rings. The molecule has 0 heterocycles. The summed E-state index contributed by atoms with van der Waals surface area (Å²) >= 11 is 0. The van der Waals surface area contributed by atoms with Crippen LogP contribution in [0.4, 0.5) is 11.4 Å². The molecule has 2 N–H and O–H groups in total. The van der Waals surface area contributed by atoms with Crippen LogP contribution in [0.15, 0.2) is 24.3 Å². The maximum absolute atomic E-state index is 5.91. The molecule has 2 heteroatoms. The van der Waals surface area contributed by atoms with Gasteiger partial charge < -0.3 is 10.6 Å². The summed E-state index contributed by atoms with van der Waals surface area (Å²) in [7, 11) is 2.12. The molecule has 1 aromatic carbocycles. The number of nitrogens with two attached hydrogens (primary N) is 1. The minimum Gasteiger partial charge on any atom is -0.397 e. The van der Waals surface area contributed by atoms with E-state index in [1.807, 2.05) is 18.2 Å². The van der Waals surface area contributed by atoms with Gasteiger partial charge >= 0.3 is 0 Å². The van der Waals surface area contributed by atoms with Crippen molar-refractivity contribution in [2.75, 3.05) is 24.2 Å². The Morgan fingerprint density at radius 1 is 1.43 bits per heavy atom. The fraction of sp³-hybridized carbons (Fsp3) is 0.500. The zero-order valence-electron chi connectivity index (χ0n) is 8.90. The summed E-state index contributed by atoms with van der Waals surface area (Å²) in [5, 5.41) is 0. The SMILES string of the molecule is CC1CC1CN(C)c1ccccc1N. The van der Waals surface area contributed by atoms with Gasteiger partial charge in [0.2, 0.25) is 0 Å². The van der Waals surface area contributed by atoms with Crippen LogP contribution in [0.3, 0.4) is 0 Å². The van der Waals surface area contributed by atoms with Crippen molar-refractivity contribution in [1.82, 2.24) is 0 Å². The second kappa shape index (κ2) is 3.52. The predicted molar refractivity (Wildman–Crippen MR) is 61.4 cm³/mol. The van der Waals surface area contributed by atoms with E-state index in [0.717, 1.165) is 29.8 Å². The minimum atomic E-state index is 0.875. The number of hydrogen-bond donors (Lipinski definition) is 1. The maximum Gasteiger partial charge on any atom is 0.0597 e. The van der Waals surface area contributed by atoms with Crippen LogP contribution < -0.4 is 10.6 Å². The molecule has 2 atom stereocenters. The van der Waals surface area contributed by atoms with Gasteiger partial charge in [-0.25, -0.2) is 0 Å². The third-order valence-corrected chi connectivity index (χ3v) is 3.13. The van der Waals surface area contributed by atoms with Gasteiger partial charge in [0.05, 0.1) is 11.4 Å². The van der Waals surface area contributed by atoms with Crippen molar-refractivity contribution < 1.29 is 0 Å². The molecule has 76 valence electrons. The topological polar surface area (TPSA) is 29.3 Å². The fourth-order valence-electron chi connectivity index (χ4n) is 1.94. The monoisotopic (exact) mass is 190 g/mol. The Bertz CT molecular complexity index is 322. The quantitative estimate of drug-likeness (QED) is 0.741. The van der Waals surface area contributed by atoms with Gasteiger partial charge in [-0.2, -0.15) is 0 Å². The normalized spacial score (nSPS) is 24.7. The van der Waals surface area contributed by atoms with Crippen molar-refractivity contribution in [2.24, 2.45) is 11.8 Å². The van der Waals surface area contributed by atoms with Gasteiger partial charge in [0, 0.05) is 13.6 Å². The summed E-state index contributed by atoms with van der Waals surface area (Å²) < 4.78 is 0. The average molecular weight is 190 g/mol. The molecule has 2 unspecified atom stereocenters. The molecule has 0 aromatic heterocycles. The van der Waals surface area contributed by atoms with E-state index in [0.29, 0.717) is 0 Å². The lowest BCUT2D eigenvalue weighted by atomic mass is 10.2. The summed E-state index contributed by atoms with van der Waals surface area (Å²) in [6, 6.07) is 8.06. The van der Waals surface area contributed by atoms with E-state index in [2.05, 4.69) is 24.9 Å². The summed E-state index contributed by atoms with van der Waals surface area (Å²) in [5.41, 5.74) is 7.95. The number of rotatable bonds is 3. The molecular formula is C12H18N2. The van der Waals surface area contributed by atoms with Gasteiger partial charge in [-0.05, 0) is 30.4 Å². The molecule has 14 heavy (non-hydrogen) atoms. The van der Waals surface area contributed by atoms with Gasteiger partial charge in [0.1, 0.15) is 0 Å². The Labute approximate surface area is 85.7 Å². The van der Waals surface area contributed by atoms with Gasteiger partial charge in [-0.15, -0.1) is 0 Å². The first-order chi connectivity index (χ1) is 6.68. The van der Waals surface area contributed by atoms with E-state index in [-0.39, 0.29) is 0 Å². The number of benzene rings is 1. The van der Waals surface area contributed by atoms with Crippen molar-refractivity contribution in [2.45, 2.75) is 13.3 Å². The predicted octanol–water partition coefficient (Wildman–Crippen LogP) is 2.36. The molecule has 0 aliphatic heterocycles. The number of nitrogens with zero attached hydrogens (tertiary/aromatic N) is 1. The van der Waals surface area contributed by atoms with E-state index < -0.39 is 0 Å². The van der Waals surface area contributed by atoms with Crippen LogP contribution in [-0.4, -0.2) is 13.6 Å². The van der Waals surface area contributed by atoms with Crippen LogP contribution in [0.1, 0.15) is 13.3 Å². The van der Waals surface area contributed by atoms with Crippen LogP contribution in [0.25, 0.3) is 0 Å². The Kier molecular flexibility index (Phi) is 2.36. The molecule has 1 aliphatic carbocycles. The number of nitrogen functional groups attached to an aromatic ring is 1. The summed E-state index contributed by atoms with van der Waals surface area (Å²) in [6.45, 7) is 3.45. The average Bonchev–Trinajstić information content (AvgIpc) is 2.82. The van der Waals surface area contributed by atoms with E-state index in [1.165, 1.54) is 6.42 Å². The molecule has 1 fully saturated rings. The Morgan fingerprint density at radius 2 is 2.07 bits per heavy atom. The van der Waals surface area contributed by atoms with Crippen LogP contribution in [-0.2, 0) is 0 Å². The van der Waals surface area contributed by atoms with E-state index >= 15 is 0 Å². The zero-order valence-corrected chi connectivity index (χ0v) is 8.90. The van der Waals surface area contributed by atoms with Gasteiger partial charge in [-0.3, -0.25) is 0 Å². The Hall–Kier alpha value is -1.18. The third kappa shape index (κ3) is 1.84. The molecule has 1 aromatic rings. The highest BCUT2D eigenvalue weighted by molar-refractivity contribution is 5.66. The standard InChI is InChI=1S/C12H18N2/c1-9-7-10(9)8-14(2)12-6-4-3-5-11(12)13/h3-6,9-10H,7-8,13H2,1-2H3. The van der Waals surface area contributed by atoms with Gasteiger partial charge in [0.15, 0.2) is 0 Å². The van der Waals surface area contributed by atoms with Crippen molar-refractivity contribution in [3.8, 4) is 0 Å². The molecule has 0 amide bonds. The van der Waals surface area contributed by atoms with Crippen molar-refractivity contribution >= 4 is 11.4 Å². The zero-order chi connectivity index (χ0) is 10.1. The number of para-hydroxylation sites is 2. The number of hydrogen-bond acceptors (Lipinski definition) is 2. The maximum atomic E-state index is 5.91. The van der Waals surface area contributed by atoms with Crippen LogP contribution in [0.5, 0.6) is 0 Å². The number of anilines is 2. The van der Waals surface area contributed by atoms with Crippen molar-refractivity contribution in [3.05, 3.63) is 24.3 Å². The molecule has 0 bridgehead atoms. The summed E-state index contributed by atoms with van der Waals surface area (Å²) in [5.74, 6) is 1.78. The summed E-state index contributed by atoms with van der Waals surface area (Å²) in [4.78, 5) is 2.27. The lowest BCUT2D eigenvalue weighted by Gasteiger charge is -2.20. The molecule has 1 saturated carbocycles. The van der Waals surface area contributed by atoms with Crippen LogP contribution >= 0.6 is 0 Å². The lowest BCUT2D eigenvalue weighted by Crippen LogP contribution is -2.21. The van der Waals surface area contributed by atoms with Gasteiger partial charge in [-0.1, -0.05) is 19.1 Å². The highest BCUT2D eigenvalue weighted by Gasteiger charge is 2.33. The second-order valence-corrected chi connectivity index (χ2v) is 4.41. The Morgan fingerprint density at radius 3 is 2.64 bits per heavy atom. The molecule has 0 saturated heterocycles. The first-order valence-corrected chi connectivity index (χ1v) is 5.24. The largest absolute Gasteiger partial charge is 0.397 e. The minimum absolute atomic E-state index is 0.875. The van der Waals surface area contributed by atoms with Crippen molar-refractivity contribution in [1.29, 1.82) is 0 Å². The van der Waals surface area contributed by atoms with E-state index in [9.17, 15) is 0 Å². The van der Waals surface area contributed by atoms with Crippen LogP contribution in [0, 0.1) is 11.8 Å². The Balaban J connectivity index is 2.03.